The Morgan fingerprint density at radius 2 is 2.05 bits per heavy atom. The van der Waals surface area contributed by atoms with E-state index in [2.05, 4.69) is 17.1 Å². The minimum absolute atomic E-state index is 0.149. The van der Waals surface area contributed by atoms with E-state index in [1.54, 1.807) is 6.07 Å². The van der Waals surface area contributed by atoms with Crippen molar-refractivity contribution in [3.05, 3.63) is 29.6 Å². The summed E-state index contributed by atoms with van der Waals surface area (Å²) in [6.07, 6.45) is 4.69. The molecule has 2 bridgehead atoms. The highest BCUT2D eigenvalue weighted by Crippen LogP contribution is 2.39. The first-order valence-electron chi connectivity index (χ1n) is 7.44. The predicted molar refractivity (Wildman–Crippen MR) is 77.1 cm³/mol. The third-order valence-electron chi connectivity index (χ3n) is 4.59. The van der Waals surface area contributed by atoms with E-state index in [4.69, 9.17) is 5.26 Å². The van der Waals surface area contributed by atoms with Gasteiger partial charge >= 0.3 is 0 Å². The highest BCUT2D eigenvalue weighted by molar-refractivity contribution is 5.55. The van der Waals surface area contributed by atoms with Crippen LogP contribution in [-0.4, -0.2) is 24.7 Å². The quantitative estimate of drug-likeness (QED) is 0.920. The number of piperidine rings is 1. The maximum Gasteiger partial charge on any atom is 0.141 e. The summed E-state index contributed by atoms with van der Waals surface area (Å²) in [4.78, 5) is 2.41. The molecule has 0 spiro atoms. The van der Waals surface area contributed by atoms with Crippen LogP contribution in [0.2, 0.25) is 0 Å². The van der Waals surface area contributed by atoms with Crippen molar-refractivity contribution in [2.45, 2.75) is 50.7 Å². The topological polar surface area (TPSA) is 39.1 Å². The van der Waals surface area contributed by atoms with Gasteiger partial charge in [-0.15, -0.1) is 0 Å². The van der Waals surface area contributed by atoms with Crippen LogP contribution in [0.4, 0.5) is 10.1 Å². The van der Waals surface area contributed by atoms with E-state index in [0.717, 1.165) is 25.1 Å². The van der Waals surface area contributed by atoms with Crippen LogP contribution in [0.25, 0.3) is 0 Å². The van der Waals surface area contributed by atoms with Gasteiger partial charge in [0.05, 0.1) is 5.56 Å². The number of rotatable bonds is 3. The summed E-state index contributed by atoms with van der Waals surface area (Å²) in [5.74, 6) is -0.425. The van der Waals surface area contributed by atoms with Gasteiger partial charge in [-0.05, 0) is 50.4 Å². The molecule has 2 saturated heterocycles. The lowest BCUT2D eigenvalue weighted by Gasteiger charge is -2.41. The normalized spacial score (nSPS) is 28.4. The van der Waals surface area contributed by atoms with Crippen LogP contribution in [0.3, 0.4) is 0 Å². The first-order chi connectivity index (χ1) is 9.72. The van der Waals surface area contributed by atoms with Gasteiger partial charge in [-0.2, -0.15) is 5.26 Å². The van der Waals surface area contributed by atoms with Crippen molar-refractivity contribution in [1.82, 2.24) is 5.32 Å². The Kier molecular flexibility index (Phi) is 3.62. The van der Waals surface area contributed by atoms with Gasteiger partial charge in [0.1, 0.15) is 11.9 Å². The second-order valence-corrected chi connectivity index (χ2v) is 5.79. The molecule has 2 unspecified atom stereocenters. The predicted octanol–water partition coefficient (Wildman–Crippen LogP) is 2.81. The molecule has 0 saturated carbocycles. The molecule has 2 fully saturated rings. The number of hydrogen-bond acceptors (Lipinski definition) is 3. The molecule has 4 heteroatoms. The van der Waals surface area contributed by atoms with Crippen LogP contribution in [0.1, 0.15) is 38.2 Å². The van der Waals surface area contributed by atoms with Gasteiger partial charge in [-0.1, -0.05) is 6.92 Å². The number of nitriles is 1. The molecule has 2 aliphatic rings. The fraction of sp³-hybridized carbons (Fsp3) is 0.562. The molecule has 0 aliphatic carbocycles. The SMILES string of the molecule is CCNC1CC2CCC(C1)N2c1ccc(F)c(C#N)c1. The molecule has 3 rings (SSSR count). The van der Waals surface area contributed by atoms with Crippen LogP contribution in [0.5, 0.6) is 0 Å². The van der Waals surface area contributed by atoms with Crippen LogP contribution < -0.4 is 10.2 Å². The molecule has 0 amide bonds. The zero-order valence-corrected chi connectivity index (χ0v) is 11.8. The molecule has 0 radical (unpaired) electrons. The molecule has 1 aromatic rings. The van der Waals surface area contributed by atoms with Crippen LogP contribution >= 0.6 is 0 Å². The van der Waals surface area contributed by atoms with Crippen LogP contribution in [0.15, 0.2) is 18.2 Å². The van der Waals surface area contributed by atoms with Gasteiger partial charge in [0.25, 0.3) is 0 Å². The van der Waals surface area contributed by atoms with Gasteiger partial charge < -0.3 is 10.2 Å². The Balaban J connectivity index is 1.84. The summed E-state index contributed by atoms with van der Waals surface area (Å²) in [6.45, 7) is 3.16. The second kappa shape index (κ2) is 5.41. The Bertz CT molecular complexity index is 523. The average molecular weight is 273 g/mol. The zero-order chi connectivity index (χ0) is 14.1. The number of hydrogen-bond donors (Lipinski definition) is 1. The minimum Gasteiger partial charge on any atom is -0.365 e. The molecule has 0 aromatic heterocycles. The first kappa shape index (κ1) is 13.4. The highest BCUT2D eigenvalue weighted by Gasteiger charge is 2.40. The van der Waals surface area contributed by atoms with Crippen molar-refractivity contribution < 1.29 is 4.39 Å². The standard InChI is InChI=1S/C16H20FN3/c1-2-19-12-8-14-3-4-15(9-12)20(14)13-5-6-16(17)11(7-13)10-18/h5-7,12,14-15,19H,2-4,8-9H2,1H3. The van der Waals surface area contributed by atoms with Gasteiger partial charge in [0.15, 0.2) is 0 Å². The van der Waals surface area contributed by atoms with Gasteiger partial charge in [-0.25, -0.2) is 4.39 Å². The van der Waals surface area contributed by atoms with Crippen molar-refractivity contribution >= 4 is 5.69 Å². The van der Waals surface area contributed by atoms with E-state index in [0.29, 0.717) is 18.1 Å². The second-order valence-electron chi connectivity index (χ2n) is 5.79. The Morgan fingerprint density at radius 1 is 1.35 bits per heavy atom. The van der Waals surface area contributed by atoms with Crippen molar-refractivity contribution in [2.24, 2.45) is 0 Å². The lowest BCUT2D eigenvalue weighted by atomic mass is 9.96. The maximum absolute atomic E-state index is 13.5. The summed E-state index contributed by atoms with van der Waals surface area (Å²) < 4.78 is 13.5. The molecule has 2 aliphatic heterocycles. The number of anilines is 1. The molecule has 3 nitrogen and oxygen atoms in total. The first-order valence-corrected chi connectivity index (χ1v) is 7.44. The summed E-state index contributed by atoms with van der Waals surface area (Å²) in [5, 5.41) is 12.5. The number of nitrogens with one attached hydrogen (secondary N) is 1. The molecule has 2 heterocycles. The number of fused-ring (bicyclic) bond motifs is 2. The van der Waals surface area contributed by atoms with E-state index in [-0.39, 0.29) is 5.56 Å². The largest absolute Gasteiger partial charge is 0.365 e. The van der Waals surface area contributed by atoms with E-state index >= 15 is 0 Å². The Labute approximate surface area is 119 Å². The number of halogens is 1. The smallest absolute Gasteiger partial charge is 0.141 e. The van der Waals surface area contributed by atoms with Crippen molar-refractivity contribution in [3.8, 4) is 6.07 Å². The van der Waals surface area contributed by atoms with Gasteiger partial charge in [0.2, 0.25) is 0 Å². The van der Waals surface area contributed by atoms with Crippen molar-refractivity contribution in [3.63, 3.8) is 0 Å². The van der Waals surface area contributed by atoms with Crippen LogP contribution in [-0.2, 0) is 0 Å². The van der Waals surface area contributed by atoms with E-state index in [9.17, 15) is 4.39 Å². The minimum atomic E-state index is -0.425. The van der Waals surface area contributed by atoms with E-state index in [1.807, 2.05) is 12.1 Å². The van der Waals surface area contributed by atoms with Crippen LogP contribution in [0, 0.1) is 17.1 Å². The number of benzene rings is 1. The molecule has 1 N–H and O–H groups in total. The van der Waals surface area contributed by atoms with Crippen molar-refractivity contribution in [2.75, 3.05) is 11.4 Å². The molecule has 20 heavy (non-hydrogen) atoms. The molecular formula is C16H20FN3. The summed E-state index contributed by atoms with van der Waals surface area (Å²) in [7, 11) is 0. The lowest BCUT2D eigenvalue weighted by molar-refractivity contribution is 0.361. The molecule has 1 aromatic carbocycles. The summed E-state index contributed by atoms with van der Waals surface area (Å²) >= 11 is 0. The highest BCUT2D eigenvalue weighted by atomic mass is 19.1. The number of nitrogens with zero attached hydrogens (tertiary/aromatic N) is 2. The van der Waals surface area contributed by atoms with Crippen molar-refractivity contribution in [1.29, 1.82) is 5.26 Å². The van der Waals surface area contributed by atoms with E-state index in [1.165, 1.54) is 18.9 Å². The lowest BCUT2D eigenvalue weighted by Crippen LogP contribution is -2.49. The fourth-order valence-electron chi connectivity index (χ4n) is 3.81. The zero-order valence-electron chi connectivity index (χ0n) is 11.8. The fourth-order valence-corrected chi connectivity index (χ4v) is 3.81. The summed E-state index contributed by atoms with van der Waals surface area (Å²) in [6, 6.07) is 8.52. The molecule has 2 atom stereocenters. The van der Waals surface area contributed by atoms with E-state index < -0.39 is 5.82 Å². The maximum atomic E-state index is 13.5. The van der Waals surface area contributed by atoms with Gasteiger partial charge in [0, 0.05) is 23.8 Å². The molecule has 106 valence electrons. The average Bonchev–Trinajstić information content (AvgIpc) is 2.71. The third-order valence-corrected chi connectivity index (χ3v) is 4.59. The third kappa shape index (κ3) is 2.27. The Morgan fingerprint density at radius 3 is 2.65 bits per heavy atom. The monoisotopic (exact) mass is 273 g/mol. The summed E-state index contributed by atoms with van der Waals surface area (Å²) in [5.41, 5.74) is 1.15. The Hall–Kier alpha value is -1.60. The van der Waals surface area contributed by atoms with Gasteiger partial charge in [-0.3, -0.25) is 0 Å². The molecular weight excluding hydrogens is 253 g/mol.